The number of fused-ring (bicyclic) bond motifs is 1. The maximum Gasteiger partial charge on any atom is 0.109 e. The van der Waals surface area contributed by atoms with Gasteiger partial charge in [0.05, 0.1) is 5.69 Å². The van der Waals surface area contributed by atoms with Gasteiger partial charge in [0.2, 0.25) is 0 Å². The van der Waals surface area contributed by atoms with Crippen molar-refractivity contribution in [1.82, 2.24) is 9.55 Å². The van der Waals surface area contributed by atoms with Gasteiger partial charge in [-0.3, -0.25) is 0 Å². The lowest BCUT2D eigenvalue weighted by molar-refractivity contribution is 0.199. The zero-order valence-corrected chi connectivity index (χ0v) is 11.6. The van der Waals surface area contributed by atoms with Gasteiger partial charge in [0.15, 0.2) is 0 Å². The predicted octanol–water partition coefficient (Wildman–Crippen LogP) is 2.87. The SMILES string of the molecule is OCC1CCn2cc(-c3ccccc3Br)nc2C1. The third kappa shape index (κ3) is 2.10. The third-order valence-electron chi connectivity index (χ3n) is 3.52. The van der Waals surface area contributed by atoms with Crippen LogP contribution >= 0.6 is 15.9 Å². The van der Waals surface area contributed by atoms with Crippen molar-refractivity contribution < 1.29 is 5.11 Å². The van der Waals surface area contributed by atoms with Crippen LogP contribution in [0, 0.1) is 5.92 Å². The van der Waals surface area contributed by atoms with Gasteiger partial charge in [-0.15, -0.1) is 0 Å². The van der Waals surface area contributed by atoms with Crippen LogP contribution in [0.25, 0.3) is 11.3 Å². The highest BCUT2D eigenvalue weighted by Gasteiger charge is 2.20. The summed E-state index contributed by atoms with van der Waals surface area (Å²) in [6, 6.07) is 8.13. The van der Waals surface area contributed by atoms with Crippen molar-refractivity contribution in [1.29, 1.82) is 0 Å². The van der Waals surface area contributed by atoms with E-state index in [1.807, 2.05) is 18.2 Å². The first kappa shape index (κ1) is 11.9. The van der Waals surface area contributed by atoms with Crippen molar-refractivity contribution in [3.05, 3.63) is 40.8 Å². The first-order chi connectivity index (χ1) is 8.78. The van der Waals surface area contributed by atoms with Gasteiger partial charge in [-0.05, 0) is 18.4 Å². The van der Waals surface area contributed by atoms with E-state index in [0.29, 0.717) is 5.92 Å². The molecule has 0 amide bonds. The molecule has 94 valence electrons. The molecule has 4 heteroatoms. The standard InChI is InChI=1S/C14H15BrN2O/c15-12-4-2-1-3-11(12)13-8-17-6-5-10(9-18)7-14(17)16-13/h1-4,8,10,18H,5-7,9H2. The molecule has 2 heterocycles. The van der Waals surface area contributed by atoms with E-state index in [1.54, 1.807) is 0 Å². The number of nitrogens with zero attached hydrogens (tertiary/aromatic N) is 2. The number of benzene rings is 1. The Bertz CT molecular complexity index is 565. The molecule has 0 aliphatic carbocycles. The minimum absolute atomic E-state index is 0.261. The summed E-state index contributed by atoms with van der Waals surface area (Å²) in [5.41, 5.74) is 2.14. The zero-order chi connectivity index (χ0) is 12.5. The highest BCUT2D eigenvalue weighted by Crippen LogP contribution is 2.29. The second kappa shape index (κ2) is 4.86. The number of aromatic nitrogens is 2. The molecule has 3 nitrogen and oxygen atoms in total. The smallest absolute Gasteiger partial charge is 0.109 e. The number of hydrogen-bond donors (Lipinski definition) is 1. The summed E-state index contributed by atoms with van der Waals surface area (Å²) in [7, 11) is 0. The summed E-state index contributed by atoms with van der Waals surface area (Å²) in [4.78, 5) is 4.70. The van der Waals surface area contributed by atoms with E-state index in [4.69, 9.17) is 4.98 Å². The van der Waals surface area contributed by atoms with E-state index in [-0.39, 0.29) is 6.61 Å². The Morgan fingerprint density at radius 1 is 1.39 bits per heavy atom. The van der Waals surface area contributed by atoms with Crippen LogP contribution in [-0.4, -0.2) is 21.3 Å². The van der Waals surface area contributed by atoms with Crippen molar-refractivity contribution in [2.75, 3.05) is 6.61 Å². The minimum atomic E-state index is 0.261. The van der Waals surface area contributed by atoms with Crippen molar-refractivity contribution in [3.63, 3.8) is 0 Å². The quantitative estimate of drug-likeness (QED) is 0.926. The molecule has 1 N–H and O–H groups in total. The molecular weight excluding hydrogens is 292 g/mol. The number of aliphatic hydroxyl groups is 1. The van der Waals surface area contributed by atoms with Crippen molar-refractivity contribution in [2.45, 2.75) is 19.4 Å². The number of hydrogen-bond acceptors (Lipinski definition) is 2. The highest BCUT2D eigenvalue weighted by atomic mass is 79.9. The van der Waals surface area contributed by atoms with Gasteiger partial charge in [-0.2, -0.15) is 0 Å². The topological polar surface area (TPSA) is 38.0 Å². The van der Waals surface area contributed by atoms with Crippen molar-refractivity contribution >= 4 is 15.9 Å². The van der Waals surface area contributed by atoms with Crippen molar-refractivity contribution in [2.24, 2.45) is 5.92 Å². The monoisotopic (exact) mass is 306 g/mol. The van der Waals surface area contributed by atoms with E-state index >= 15 is 0 Å². The van der Waals surface area contributed by atoms with Crippen molar-refractivity contribution in [3.8, 4) is 11.3 Å². The van der Waals surface area contributed by atoms with E-state index in [1.165, 1.54) is 0 Å². The van der Waals surface area contributed by atoms with Crippen LogP contribution in [-0.2, 0) is 13.0 Å². The Morgan fingerprint density at radius 3 is 3.00 bits per heavy atom. The van der Waals surface area contributed by atoms with Gasteiger partial charge < -0.3 is 9.67 Å². The van der Waals surface area contributed by atoms with Gasteiger partial charge in [0, 0.05) is 35.8 Å². The molecule has 0 fully saturated rings. The zero-order valence-electron chi connectivity index (χ0n) is 10.0. The molecule has 0 radical (unpaired) electrons. The largest absolute Gasteiger partial charge is 0.396 e. The number of halogens is 1. The number of imidazole rings is 1. The molecule has 0 bridgehead atoms. The summed E-state index contributed by atoms with van der Waals surface area (Å²) in [5, 5.41) is 9.24. The van der Waals surface area contributed by atoms with Gasteiger partial charge >= 0.3 is 0 Å². The maximum absolute atomic E-state index is 9.24. The Balaban J connectivity index is 1.97. The summed E-state index contributed by atoms with van der Waals surface area (Å²) >= 11 is 3.56. The number of rotatable bonds is 2. The fraction of sp³-hybridized carbons (Fsp3) is 0.357. The molecule has 1 aliphatic rings. The van der Waals surface area contributed by atoms with Gasteiger partial charge in [-0.25, -0.2) is 4.98 Å². The Labute approximate surface area is 115 Å². The molecule has 18 heavy (non-hydrogen) atoms. The van der Waals surface area contributed by atoms with Crippen LogP contribution in [0.15, 0.2) is 34.9 Å². The molecule has 1 aliphatic heterocycles. The van der Waals surface area contributed by atoms with E-state index in [9.17, 15) is 5.11 Å². The average molecular weight is 307 g/mol. The van der Waals surface area contributed by atoms with E-state index in [0.717, 1.165) is 40.9 Å². The Hall–Kier alpha value is -1.13. The van der Waals surface area contributed by atoms with Crippen LogP contribution < -0.4 is 0 Å². The number of aliphatic hydroxyl groups excluding tert-OH is 1. The van der Waals surface area contributed by atoms with Crippen LogP contribution in [0.2, 0.25) is 0 Å². The van der Waals surface area contributed by atoms with Gasteiger partial charge in [0.25, 0.3) is 0 Å². The first-order valence-electron chi connectivity index (χ1n) is 6.19. The summed E-state index contributed by atoms with van der Waals surface area (Å²) in [6.45, 7) is 1.22. The van der Waals surface area contributed by atoms with E-state index in [2.05, 4.69) is 32.8 Å². The number of aryl methyl sites for hydroxylation is 1. The maximum atomic E-state index is 9.24. The molecule has 1 unspecified atom stereocenters. The average Bonchev–Trinajstić information content (AvgIpc) is 2.81. The predicted molar refractivity (Wildman–Crippen MR) is 74.3 cm³/mol. The molecule has 1 aromatic heterocycles. The molecule has 1 atom stereocenters. The highest BCUT2D eigenvalue weighted by molar-refractivity contribution is 9.10. The third-order valence-corrected chi connectivity index (χ3v) is 4.21. The fourth-order valence-electron chi connectivity index (χ4n) is 2.45. The molecule has 0 saturated carbocycles. The van der Waals surface area contributed by atoms with Gasteiger partial charge in [0.1, 0.15) is 5.82 Å². The lowest BCUT2D eigenvalue weighted by Crippen LogP contribution is -2.21. The molecule has 2 aromatic rings. The minimum Gasteiger partial charge on any atom is -0.396 e. The normalized spacial score (nSPS) is 18.7. The Morgan fingerprint density at radius 2 is 2.22 bits per heavy atom. The van der Waals surface area contributed by atoms with Crippen LogP contribution in [0.1, 0.15) is 12.2 Å². The first-order valence-corrected chi connectivity index (χ1v) is 6.99. The van der Waals surface area contributed by atoms with E-state index < -0.39 is 0 Å². The lowest BCUT2D eigenvalue weighted by atomic mass is 9.99. The summed E-state index contributed by atoms with van der Waals surface area (Å²) in [5.74, 6) is 1.46. The molecule has 1 aromatic carbocycles. The summed E-state index contributed by atoms with van der Waals surface area (Å²) in [6.07, 6.45) is 4.03. The summed E-state index contributed by atoms with van der Waals surface area (Å²) < 4.78 is 3.28. The Kier molecular flexibility index (Phi) is 3.22. The lowest BCUT2D eigenvalue weighted by Gasteiger charge is -2.20. The second-order valence-corrected chi connectivity index (χ2v) is 5.61. The van der Waals surface area contributed by atoms with Gasteiger partial charge in [-0.1, -0.05) is 34.1 Å². The molecular formula is C14H15BrN2O. The fourth-order valence-corrected chi connectivity index (χ4v) is 2.94. The van der Waals surface area contributed by atoms with Crippen LogP contribution in [0.3, 0.4) is 0 Å². The van der Waals surface area contributed by atoms with Crippen LogP contribution in [0.5, 0.6) is 0 Å². The van der Waals surface area contributed by atoms with Crippen LogP contribution in [0.4, 0.5) is 0 Å². The molecule has 0 saturated heterocycles. The molecule has 0 spiro atoms. The second-order valence-electron chi connectivity index (χ2n) is 4.76. The molecule has 3 rings (SSSR count).